The first-order chi connectivity index (χ1) is 12.6. The standard InChI is InChI=1S/C19H18N2O5S/c1-10-13-15(27-14(10)17(23)24)20-12(9-11-7-5-4-6-8-11)21(16(13)22)19(2,3)18(25)26/h4-8H,9H2,1-3H3,(H,23,24)(H,25,26). The summed E-state index contributed by atoms with van der Waals surface area (Å²) in [7, 11) is 0. The Kier molecular flexibility index (Phi) is 4.61. The van der Waals surface area contributed by atoms with Crippen molar-refractivity contribution >= 4 is 33.5 Å². The zero-order chi connectivity index (χ0) is 19.9. The van der Waals surface area contributed by atoms with E-state index in [1.54, 1.807) is 6.92 Å². The third-order valence-corrected chi connectivity index (χ3v) is 5.69. The monoisotopic (exact) mass is 386 g/mol. The number of aryl methyl sites for hydroxylation is 1. The first-order valence-corrected chi connectivity index (χ1v) is 9.02. The van der Waals surface area contributed by atoms with Gasteiger partial charge in [0.1, 0.15) is 21.1 Å². The normalized spacial score (nSPS) is 11.7. The minimum atomic E-state index is -1.54. The summed E-state index contributed by atoms with van der Waals surface area (Å²) in [6.07, 6.45) is 0.252. The molecule has 2 aromatic heterocycles. The maximum Gasteiger partial charge on any atom is 0.346 e. The number of carboxylic acids is 2. The molecule has 0 aliphatic carbocycles. The van der Waals surface area contributed by atoms with Crippen molar-refractivity contribution in [3.05, 3.63) is 62.5 Å². The maximum absolute atomic E-state index is 13.2. The molecule has 0 radical (unpaired) electrons. The lowest BCUT2D eigenvalue weighted by atomic mass is 10.0. The molecule has 3 rings (SSSR count). The highest BCUT2D eigenvalue weighted by Gasteiger charge is 2.34. The van der Waals surface area contributed by atoms with Gasteiger partial charge in [-0.25, -0.2) is 14.6 Å². The second-order valence-electron chi connectivity index (χ2n) is 6.74. The largest absolute Gasteiger partial charge is 0.480 e. The Morgan fingerprint density at radius 1 is 1.19 bits per heavy atom. The van der Waals surface area contributed by atoms with Crippen LogP contribution in [0.1, 0.15) is 40.5 Å². The molecule has 0 amide bonds. The Labute approximate surface area is 158 Å². The second kappa shape index (κ2) is 6.62. The number of aromatic nitrogens is 2. The maximum atomic E-state index is 13.2. The zero-order valence-electron chi connectivity index (χ0n) is 15.0. The van der Waals surface area contributed by atoms with E-state index >= 15 is 0 Å². The van der Waals surface area contributed by atoms with Gasteiger partial charge in [-0.1, -0.05) is 30.3 Å². The van der Waals surface area contributed by atoms with Crippen molar-refractivity contribution in [2.75, 3.05) is 0 Å². The van der Waals surface area contributed by atoms with Gasteiger partial charge < -0.3 is 10.2 Å². The van der Waals surface area contributed by atoms with Crippen LogP contribution in [0.15, 0.2) is 35.1 Å². The summed E-state index contributed by atoms with van der Waals surface area (Å²) in [5.41, 5.74) is -0.911. The summed E-state index contributed by atoms with van der Waals surface area (Å²) >= 11 is 0.927. The van der Waals surface area contributed by atoms with Crippen LogP contribution >= 0.6 is 11.3 Å². The van der Waals surface area contributed by atoms with Gasteiger partial charge in [0, 0.05) is 6.42 Å². The number of fused-ring (bicyclic) bond motifs is 1. The molecule has 2 heterocycles. The lowest BCUT2D eigenvalue weighted by Gasteiger charge is -2.25. The number of aliphatic carboxylic acids is 1. The van der Waals surface area contributed by atoms with Crippen molar-refractivity contribution < 1.29 is 19.8 Å². The van der Waals surface area contributed by atoms with Gasteiger partial charge in [-0.05, 0) is 31.9 Å². The van der Waals surface area contributed by atoms with Crippen LogP contribution in [0.5, 0.6) is 0 Å². The molecule has 0 bridgehead atoms. The number of hydrogen-bond donors (Lipinski definition) is 2. The van der Waals surface area contributed by atoms with Crippen molar-refractivity contribution in [2.24, 2.45) is 0 Å². The smallest absolute Gasteiger partial charge is 0.346 e. The molecule has 0 aliphatic heterocycles. The SMILES string of the molecule is Cc1c(C(=O)O)sc2nc(Cc3ccccc3)n(C(C)(C)C(=O)O)c(=O)c12. The molecular weight excluding hydrogens is 368 g/mol. The van der Waals surface area contributed by atoms with E-state index in [0.29, 0.717) is 10.4 Å². The molecule has 7 nitrogen and oxygen atoms in total. The molecule has 0 spiro atoms. The molecule has 140 valence electrons. The molecule has 0 unspecified atom stereocenters. The summed E-state index contributed by atoms with van der Waals surface area (Å²) in [5.74, 6) is -2.03. The number of carboxylic acid groups (broad SMARTS) is 2. The quantitative estimate of drug-likeness (QED) is 0.698. The Hall–Kier alpha value is -3.00. The summed E-state index contributed by atoms with van der Waals surface area (Å²) in [6, 6.07) is 9.26. The highest BCUT2D eigenvalue weighted by molar-refractivity contribution is 7.20. The van der Waals surface area contributed by atoms with E-state index in [-0.39, 0.29) is 22.5 Å². The Balaban J connectivity index is 2.37. The van der Waals surface area contributed by atoms with E-state index in [0.717, 1.165) is 21.5 Å². The minimum Gasteiger partial charge on any atom is -0.480 e. The van der Waals surface area contributed by atoms with Gasteiger partial charge >= 0.3 is 11.9 Å². The Bertz CT molecular complexity index is 1110. The van der Waals surface area contributed by atoms with Crippen molar-refractivity contribution in [3.8, 4) is 0 Å². The molecule has 0 aliphatic rings. The number of aromatic carboxylic acids is 1. The van der Waals surface area contributed by atoms with Crippen LogP contribution in [-0.2, 0) is 16.8 Å². The number of carbonyl (C=O) groups is 2. The summed E-state index contributed by atoms with van der Waals surface area (Å²) in [5, 5.41) is 19.2. The molecular formula is C19H18N2O5S. The summed E-state index contributed by atoms with van der Waals surface area (Å²) in [4.78, 5) is 41.3. The van der Waals surface area contributed by atoms with Crippen molar-refractivity contribution in [1.29, 1.82) is 0 Å². The summed E-state index contributed by atoms with van der Waals surface area (Å²) in [6.45, 7) is 4.40. The lowest BCUT2D eigenvalue weighted by molar-refractivity contribution is -0.146. The van der Waals surface area contributed by atoms with Gasteiger partial charge in [-0.3, -0.25) is 9.36 Å². The van der Waals surface area contributed by atoms with Gasteiger partial charge in [0.25, 0.3) is 5.56 Å². The van der Waals surface area contributed by atoms with Crippen molar-refractivity contribution in [1.82, 2.24) is 9.55 Å². The van der Waals surface area contributed by atoms with Crippen molar-refractivity contribution in [2.45, 2.75) is 32.7 Å². The van der Waals surface area contributed by atoms with Crippen LogP contribution in [0.25, 0.3) is 10.2 Å². The molecule has 0 saturated heterocycles. The van der Waals surface area contributed by atoms with E-state index in [4.69, 9.17) is 0 Å². The molecule has 0 saturated carbocycles. The van der Waals surface area contributed by atoms with E-state index in [1.807, 2.05) is 30.3 Å². The number of thiophene rings is 1. The Morgan fingerprint density at radius 2 is 1.81 bits per heavy atom. The third kappa shape index (κ3) is 3.12. The molecule has 27 heavy (non-hydrogen) atoms. The van der Waals surface area contributed by atoms with Crippen LogP contribution in [0.3, 0.4) is 0 Å². The van der Waals surface area contributed by atoms with Gasteiger partial charge in [-0.15, -0.1) is 11.3 Å². The average Bonchev–Trinajstić information content (AvgIpc) is 2.92. The molecule has 0 atom stereocenters. The van der Waals surface area contributed by atoms with E-state index in [9.17, 15) is 24.6 Å². The van der Waals surface area contributed by atoms with E-state index < -0.39 is 23.0 Å². The first-order valence-electron chi connectivity index (χ1n) is 8.20. The topological polar surface area (TPSA) is 109 Å². The fourth-order valence-corrected chi connectivity index (χ4v) is 4.03. The minimum absolute atomic E-state index is 0.0335. The molecule has 0 fully saturated rings. The van der Waals surface area contributed by atoms with Crippen molar-refractivity contribution in [3.63, 3.8) is 0 Å². The van der Waals surface area contributed by atoms with Gasteiger partial charge in [0.2, 0.25) is 0 Å². The molecule has 1 aromatic carbocycles. The van der Waals surface area contributed by atoms with Gasteiger partial charge in [0.05, 0.1) is 5.39 Å². The number of hydrogen-bond acceptors (Lipinski definition) is 5. The van der Waals surface area contributed by atoms with Gasteiger partial charge in [0.15, 0.2) is 0 Å². The van der Waals surface area contributed by atoms with Crippen LogP contribution < -0.4 is 5.56 Å². The second-order valence-corrected chi connectivity index (χ2v) is 7.74. The molecule has 2 N–H and O–H groups in total. The lowest BCUT2D eigenvalue weighted by Crippen LogP contribution is -2.45. The van der Waals surface area contributed by atoms with Crippen LogP contribution in [0.2, 0.25) is 0 Å². The average molecular weight is 386 g/mol. The Morgan fingerprint density at radius 3 is 2.37 bits per heavy atom. The third-order valence-electron chi connectivity index (χ3n) is 4.52. The fourth-order valence-electron chi connectivity index (χ4n) is 3.00. The van der Waals surface area contributed by atoms with E-state index in [2.05, 4.69) is 4.98 Å². The number of nitrogens with zero attached hydrogens (tertiary/aromatic N) is 2. The van der Waals surface area contributed by atoms with Gasteiger partial charge in [-0.2, -0.15) is 0 Å². The van der Waals surface area contributed by atoms with E-state index in [1.165, 1.54) is 13.8 Å². The van der Waals surface area contributed by atoms with Crippen LogP contribution in [-0.4, -0.2) is 31.7 Å². The molecule has 3 aromatic rings. The van der Waals surface area contributed by atoms with Crippen LogP contribution in [0, 0.1) is 6.92 Å². The number of benzene rings is 1. The van der Waals surface area contributed by atoms with Crippen LogP contribution in [0.4, 0.5) is 0 Å². The fraction of sp³-hybridized carbons (Fsp3) is 0.263. The predicted molar refractivity (Wildman–Crippen MR) is 102 cm³/mol. The highest BCUT2D eigenvalue weighted by atomic mass is 32.1. The molecule has 8 heteroatoms. The first kappa shape index (κ1) is 18.8. The summed E-state index contributed by atoms with van der Waals surface area (Å²) < 4.78 is 1.16. The highest BCUT2D eigenvalue weighted by Crippen LogP contribution is 2.29. The predicted octanol–water partition coefficient (Wildman–Crippen LogP) is 2.88. The zero-order valence-corrected chi connectivity index (χ0v) is 15.8. The number of rotatable bonds is 5.